The van der Waals surface area contributed by atoms with Crippen LogP contribution < -0.4 is 14.2 Å². The average Bonchev–Trinajstić information content (AvgIpc) is 3.35. The highest BCUT2D eigenvalue weighted by Crippen LogP contribution is 2.40. The van der Waals surface area contributed by atoms with Crippen molar-refractivity contribution < 1.29 is 14.2 Å². The fourth-order valence-electron chi connectivity index (χ4n) is 10.4. The first-order valence-corrected chi connectivity index (χ1v) is 32.3. The predicted octanol–water partition coefficient (Wildman–Crippen LogP) is 23.7. The van der Waals surface area contributed by atoms with Crippen molar-refractivity contribution in [2.75, 3.05) is 19.8 Å². The van der Waals surface area contributed by atoms with E-state index in [1.54, 1.807) is 0 Å². The van der Waals surface area contributed by atoms with Gasteiger partial charge >= 0.3 is 0 Å². The van der Waals surface area contributed by atoms with E-state index >= 15 is 0 Å². The monoisotopic (exact) mass is 967 g/mol. The Morgan fingerprint density at radius 1 is 0.217 bits per heavy atom. The van der Waals surface area contributed by atoms with Gasteiger partial charge in [-0.1, -0.05) is 342 Å². The zero-order valence-electron chi connectivity index (χ0n) is 48.0. The van der Waals surface area contributed by atoms with Crippen LogP contribution in [-0.2, 0) is 6.42 Å². The first-order chi connectivity index (χ1) is 34.3. The van der Waals surface area contributed by atoms with Gasteiger partial charge in [0.2, 0.25) is 5.75 Å². The van der Waals surface area contributed by atoms with Crippen molar-refractivity contribution in [1.29, 1.82) is 0 Å². The van der Waals surface area contributed by atoms with Crippen LogP contribution in [0.15, 0.2) is 12.1 Å². The highest BCUT2D eigenvalue weighted by molar-refractivity contribution is 5.54. The molecule has 0 heterocycles. The number of hydrogen-bond acceptors (Lipinski definition) is 3. The van der Waals surface area contributed by atoms with E-state index in [1.165, 1.54) is 314 Å². The minimum absolute atomic E-state index is 0.747. The van der Waals surface area contributed by atoms with Crippen molar-refractivity contribution in [2.24, 2.45) is 0 Å². The van der Waals surface area contributed by atoms with Crippen LogP contribution in [0.1, 0.15) is 367 Å². The Labute approximate surface area is 435 Å². The van der Waals surface area contributed by atoms with Gasteiger partial charge < -0.3 is 14.2 Å². The molecule has 0 unspecified atom stereocenters. The van der Waals surface area contributed by atoms with Gasteiger partial charge in [-0.25, -0.2) is 0 Å². The van der Waals surface area contributed by atoms with Crippen molar-refractivity contribution in [1.82, 2.24) is 0 Å². The van der Waals surface area contributed by atoms with Crippen molar-refractivity contribution in [3.63, 3.8) is 0 Å². The van der Waals surface area contributed by atoms with Gasteiger partial charge in [-0.15, -0.1) is 0 Å². The highest BCUT2D eigenvalue weighted by atomic mass is 16.5. The van der Waals surface area contributed by atoms with Crippen LogP contribution in [0.25, 0.3) is 0 Å². The summed E-state index contributed by atoms with van der Waals surface area (Å²) in [4.78, 5) is 0. The van der Waals surface area contributed by atoms with E-state index in [0.29, 0.717) is 0 Å². The van der Waals surface area contributed by atoms with Crippen LogP contribution in [0.2, 0.25) is 0 Å². The topological polar surface area (TPSA) is 27.7 Å². The lowest BCUT2D eigenvalue weighted by Gasteiger charge is -2.19. The maximum atomic E-state index is 6.65. The molecule has 1 rings (SSSR count). The second-order valence-corrected chi connectivity index (χ2v) is 22.2. The summed E-state index contributed by atoms with van der Waals surface area (Å²) in [7, 11) is 0. The molecule has 3 heteroatoms. The molecule has 0 bridgehead atoms. The van der Waals surface area contributed by atoms with Crippen molar-refractivity contribution in [3.8, 4) is 17.2 Å². The molecule has 69 heavy (non-hydrogen) atoms. The Balaban J connectivity index is 2.44. The van der Waals surface area contributed by atoms with Gasteiger partial charge in [-0.2, -0.15) is 0 Å². The molecule has 0 N–H and O–H groups in total. The van der Waals surface area contributed by atoms with Crippen LogP contribution in [0, 0.1) is 0 Å². The van der Waals surface area contributed by atoms with Crippen molar-refractivity contribution >= 4 is 0 Å². The maximum Gasteiger partial charge on any atom is 0.203 e. The second-order valence-electron chi connectivity index (χ2n) is 22.2. The van der Waals surface area contributed by atoms with Crippen LogP contribution in [0.3, 0.4) is 0 Å². The van der Waals surface area contributed by atoms with E-state index in [0.717, 1.165) is 69.2 Å². The third kappa shape index (κ3) is 46.2. The lowest BCUT2D eigenvalue weighted by Crippen LogP contribution is -2.07. The number of aryl methyl sites for hydroxylation is 1. The first kappa shape index (κ1) is 65.6. The summed E-state index contributed by atoms with van der Waals surface area (Å²) in [5.41, 5.74) is 1.32. The summed E-state index contributed by atoms with van der Waals surface area (Å²) in [5, 5.41) is 0. The molecule has 0 atom stereocenters. The molecular formula is C66H126O3. The van der Waals surface area contributed by atoms with E-state index in [1.807, 2.05) is 0 Å². The summed E-state index contributed by atoms with van der Waals surface area (Å²) < 4.78 is 19.9. The lowest BCUT2D eigenvalue weighted by molar-refractivity contribution is 0.234. The molecule has 0 aliphatic carbocycles. The van der Waals surface area contributed by atoms with Gasteiger partial charge in [0.1, 0.15) is 0 Å². The quantitative estimate of drug-likeness (QED) is 0.0609. The first-order valence-electron chi connectivity index (χ1n) is 32.3. The van der Waals surface area contributed by atoms with E-state index in [9.17, 15) is 0 Å². The van der Waals surface area contributed by atoms with E-state index in [2.05, 4.69) is 39.8 Å². The third-order valence-electron chi connectivity index (χ3n) is 15.1. The molecule has 408 valence electrons. The molecule has 0 aromatic heterocycles. The van der Waals surface area contributed by atoms with Gasteiger partial charge in [0, 0.05) is 0 Å². The summed E-state index contributed by atoms with van der Waals surface area (Å²) in [6.07, 6.45) is 73.3. The smallest absolute Gasteiger partial charge is 0.203 e. The summed E-state index contributed by atoms with van der Waals surface area (Å²) in [6, 6.07) is 4.53. The van der Waals surface area contributed by atoms with E-state index in [-0.39, 0.29) is 0 Å². The fraction of sp³-hybridized carbons (Fsp3) is 0.909. The lowest BCUT2D eigenvalue weighted by atomic mass is 10.0. The van der Waals surface area contributed by atoms with Crippen LogP contribution in [0.4, 0.5) is 0 Å². The molecule has 0 aliphatic rings. The van der Waals surface area contributed by atoms with Crippen LogP contribution in [-0.4, -0.2) is 19.8 Å². The zero-order chi connectivity index (χ0) is 49.4. The number of hydrogen-bond donors (Lipinski definition) is 0. The molecular weight excluding hydrogens is 841 g/mol. The minimum Gasteiger partial charge on any atom is -0.490 e. The summed E-state index contributed by atoms with van der Waals surface area (Å²) in [5.74, 6) is 2.70. The zero-order valence-corrected chi connectivity index (χ0v) is 48.0. The minimum atomic E-state index is 0.747. The van der Waals surface area contributed by atoms with Gasteiger partial charge in [-0.05, 0) is 43.4 Å². The van der Waals surface area contributed by atoms with Crippen molar-refractivity contribution in [2.45, 2.75) is 368 Å². The maximum absolute atomic E-state index is 6.65. The van der Waals surface area contributed by atoms with E-state index in [4.69, 9.17) is 14.2 Å². The van der Waals surface area contributed by atoms with Gasteiger partial charge in [0.15, 0.2) is 11.5 Å². The highest BCUT2D eigenvalue weighted by Gasteiger charge is 2.16. The molecule has 0 spiro atoms. The number of ether oxygens (including phenoxy) is 3. The fourth-order valence-corrected chi connectivity index (χ4v) is 10.4. The molecule has 1 aromatic rings. The SMILES string of the molecule is CCCCCCCCCCCCCCCCCCCOc1cc(CCC)cc(OCCCCCCCCCCCCCCCCCCC)c1OCCCCCCCCCCCCCCCCCCC. The molecule has 1 aromatic carbocycles. The molecule has 0 amide bonds. The second kappa shape index (κ2) is 55.9. The molecule has 0 saturated carbocycles. The van der Waals surface area contributed by atoms with Gasteiger partial charge in [0.05, 0.1) is 19.8 Å². The van der Waals surface area contributed by atoms with Crippen LogP contribution in [0.5, 0.6) is 17.2 Å². The Morgan fingerprint density at radius 3 is 0.609 bits per heavy atom. The summed E-state index contributed by atoms with van der Waals surface area (Å²) in [6.45, 7) is 11.5. The normalized spacial score (nSPS) is 11.5. The Bertz CT molecular complexity index is 1050. The molecule has 0 aliphatic heterocycles. The number of unbranched alkanes of at least 4 members (excludes halogenated alkanes) is 48. The Kier molecular flexibility index (Phi) is 53.2. The third-order valence-corrected chi connectivity index (χ3v) is 15.1. The molecule has 3 nitrogen and oxygen atoms in total. The van der Waals surface area contributed by atoms with Crippen molar-refractivity contribution in [3.05, 3.63) is 17.7 Å². The molecule has 0 radical (unpaired) electrons. The predicted molar refractivity (Wildman–Crippen MR) is 309 cm³/mol. The number of benzene rings is 1. The Hall–Kier alpha value is -1.38. The standard InChI is InChI=1S/C66H126O3/c1-5-9-12-15-18-21-24-27-30-33-36-39-42-45-48-51-54-58-67-64-61-63(57-8-4)62-65(68-59-55-52-49-46-43-40-37-34-31-28-25-22-19-16-13-10-6-2)66(64)69-60-56-53-50-47-44-41-38-35-32-29-26-23-20-17-14-11-7-3/h61-62H,5-60H2,1-4H3. The molecule has 0 fully saturated rings. The number of rotatable bonds is 59. The largest absolute Gasteiger partial charge is 0.490 e. The Morgan fingerprint density at radius 2 is 0.406 bits per heavy atom. The van der Waals surface area contributed by atoms with Gasteiger partial charge in [-0.3, -0.25) is 0 Å². The average molecular weight is 968 g/mol. The summed E-state index contributed by atoms with van der Waals surface area (Å²) >= 11 is 0. The van der Waals surface area contributed by atoms with E-state index < -0.39 is 0 Å². The van der Waals surface area contributed by atoms with Crippen LogP contribution >= 0.6 is 0 Å². The van der Waals surface area contributed by atoms with Gasteiger partial charge in [0.25, 0.3) is 0 Å². The molecule has 0 saturated heterocycles.